The molecule has 3 aromatic carbocycles. The lowest BCUT2D eigenvalue weighted by Gasteiger charge is -2.14. The van der Waals surface area contributed by atoms with Gasteiger partial charge in [-0.2, -0.15) is 5.26 Å². The molecule has 6 nitrogen and oxygen atoms in total. The van der Waals surface area contributed by atoms with Gasteiger partial charge >= 0.3 is 0 Å². The molecular weight excluding hydrogens is 552 g/mol. The highest BCUT2D eigenvalue weighted by Gasteiger charge is 2.35. The van der Waals surface area contributed by atoms with Crippen molar-refractivity contribution in [1.82, 2.24) is 4.90 Å². The fraction of sp³-hybridized carbons (Fsp3) is 0.115. The normalized spacial score (nSPS) is 14.3. The van der Waals surface area contributed by atoms with Crippen molar-refractivity contribution in [2.75, 3.05) is 7.11 Å². The number of hydrogen-bond donors (Lipinski definition) is 0. The molecule has 0 aromatic heterocycles. The largest absolute Gasteiger partial charge is 0.493 e. The van der Waals surface area contributed by atoms with Crippen molar-refractivity contribution in [3.63, 3.8) is 0 Å². The fourth-order valence-electron chi connectivity index (χ4n) is 3.39. The summed E-state index contributed by atoms with van der Waals surface area (Å²) in [7, 11) is 1.52. The molecule has 1 aliphatic heterocycles. The zero-order chi connectivity index (χ0) is 24.9. The van der Waals surface area contributed by atoms with Crippen molar-refractivity contribution in [1.29, 1.82) is 5.26 Å². The van der Waals surface area contributed by atoms with Gasteiger partial charge in [-0.25, -0.2) is 0 Å². The van der Waals surface area contributed by atoms with Crippen molar-refractivity contribution in [3.05, 3.63) is 97.3 Å². The van der Waals surface area contributed by atoms with Crippen LogP contribution in [0, 0.1) is 11.3 Å². The van der Waals surface area contributed by atoms with Crippen LogP contribution in [-0.2, 0) is 17.9 Å². The average molecular weight is 570 g/mol. The second-order valence-electron chi connectivity index (χ2n) is 7.48. The second-order valence-corrected chi connectivity index (χ2v) is 9.76. The molecule has 0 aliphatic carbocycles. The predicted octanol–water partition coefficient (Wildman–Crippen LogP) is 6.80. The van der Waals surface area contributed by atoms with Gasteiger partial charge in [-0.1, -0.05) is 57.9 Å². The molecule has 0 atom stereocenters. The highest BCUT2D eigenvalue weighted by molar-refractivity contribution is 9.10. The molecule has 1 fully saturated rings. The van der Waals surface area contributed by atoms with Crippen molar-refractivity contribution in [3.8, 4) is 17.6 Å². The Morgan fingerprint density at radius 1 is 1.11 bits per heavy atom. The van der Waals surface area contributed by atoms with Gasteiger partial charge in [-0.05, 0) is 59.3 Å². The van der Waals surface area contributed by atoms with Crippen molar-refractivity contribution < 1.29 is 19.1 Å². The minimum absolute atomic E-state index is 0.167. The van der Waals surface area contributed by atoms with Gasteiger partial charge in [0, 0.05) is 15.1 Å². The first-order valence-electron chi connectivity index (χ1n) is 10.4. The highest BCUT2D eigenvalue weighted by Crippen LogP contribution is 2.38. The molecule has 0 unspecified atom stereocenters. The molecule has 2 amide bonds. The van der Waals surface area contributed by atoms with E-state index in [9.17, 15) is 14.9 Å². The van der Waals surface area contributed by atoms with Crippen molar-refractivity contribution >= 4 is 56.5 Å². The van der Waals surface area contributed by atoms with Gasteiger partial charge in [0.15, 0.2) is 11.5 Å². The number of halogens is 2. The molecular formula is C26H18BrClN2O4S. The maximum Gasteiger partial charge on any atom is 0.293 e. The third kappa shape index (κ3) is 5.70. The van der Waals surface area contributed by atoms with E-state index < -0.39 is 0 Å². The zero-order valence-corrected chi connectivity index (χ0v) is 21.6. The van der Waals surface area contributed by atoms with Crippen LogP contribution < -0.4 is 9.47 Å². The van der Waals surface area contributed by atoms with Gasteiger partial charge in [0.1, 0.15) is 6.61 Å². The topological polar surface area (TPSA) is 79.6 Å². The molecule has 35 heavy (non-hydrogen) atoms. The van der Waals surface area contributed by atoms with Crippen LogP contribution in [-0.4, -0.2) is 23.2 Å². The number of nitriles is 1. The molecule has 0 spiro atoms. The summed E-state index contributed by atoms with van der Waals surface area (Å²) in [6.45, 7) is 0.357. The number of hydrogen-bond acceptors (Lipinski definition) is 6. The Morgan fingerprint density at radius 3 is 2.57 bits per heavy atom. The molecule has 4 rings (SSSR count). The number of benzene rings is 3. The summed E-state index contributed by atoms with van der Waals surface area (Å²) >= 11 is 10.3. The van der Waals surface area contributed by atoms with Crippen LogP contribution >= 0.6 is 39.3 Å². The molecule has 9 heteroatoms. The highest BCUT2D eigenvalue weighted by atomic mass is 79.9. The van der Waals surface area contributed by atoms with Gasteiger partial charge in [0.2, 0.25) is 0 Å². The van der Waals surface area contributed by atoms with Gasteiger partial charge in [-0.15, -0.1) is 0 Å². The SMILES string of the molecule is COc1cc(C=C2SC(=O)N(Cc3ccc(Cl)cc3)C2=O)c(Br)cc1OCc1ccccc1C#N. The van der Waals surface area contributed by atoms with Gasteiger partial charge in [0.25, 0.3) is 11.1 Å². The number of carbonyl (C=O) groups is 2. The average Bonchev–Trinajstić information content (AvgIpc) is 3.12. The second kappa shape index (κ2) is 11.0. The van der Waals surface area contributed by atoms with E-state index in [0.717, 1.165) is 22.9 Å². The first kappa shape index (κ1) is 24.9. The van der Waals surface area contributed by atoms with Crippen LogP contribution in [0.5, 0.6) is 11.5 Å². The molecule has 0 radical (unpaired) electrons. The minimum Gasteiger partial charge on any atom is -0.493 e. The van der Waals surface area contributed by atoms with E-state index in [1.165, 1.54) is 12.0 Å². The zero-order valence-electron chi connectivity index (χ0n) is 18.5. The number of nitrogens with zero attached hydrogens (tertiary/aromatic N) is 2. The summed E-state index contributed by atoms with van der Waals surface area (Å²) < 4.78 is 12.1. The maximum atomic E-state index is 12.9. The van der Waals surface area contributed by atoms with E-state index in [1.54, 1.807) is 54.6 Å². The first-order chi connectivity index (χ1) is 16.9. The quantitative estimate of drug-likeness (QED) is 0.291. The predicted molar refractivity (Wildman–Crippen MR) is 139 cm³/mol. The summed E-state index contributed by atoms with van der Waals surface area (Å²) in [6.07, 6.45) is 1.65. The number of rotatable bonds is 7. The van der Waals surface area contributed by atoms with Gasteiger partial charge in [-0.3, -0.25) is 14.5 Å². The Bertz CT molecular complexity index is 1370. The first-order valence-corrected chi connectivity index (χ1v) is 12.4. The molecule has 3 aromatic rings. The molecule has 176 valence electrons. The van der Waals surface area contributed by atoms with E-state index >= 15 is 0 Å². The van der Waals surface area contributed by atoms with E-state index in [0.29, 0.717) is 37.0 Å². The van der Waals surface area contributed by atoms with Crippen LogP contribution in [0.2, 0.25) is 5.02 Å². The summed E-state index contributed by atoms with van der Waals surface area (Å²) in [5, 5.41) is 9.53. The Labute approximate surface area is 220 Å². The van der Waals surface area contributed by atoms with Gasteiger partial charge < -0.3 is 9.47 Å². The van der Waals surface area contributed by atoms with Crippen LogP contribution in [0.4, 0.5) is 4.79 Å². The van der Waals surface area contributed by atoms with E-state index in [-0.39, 0.29) is 24.3 Å². The van der Waals surface area contributed by atoms with Crippen LogP contribution in [0.15, 0.2) is 70.0 Å². The third-order valence-electron chi connectivity index (χ3n) is 5.22. The van der Waals surface area contributed by atoms with E-state index in [2.05, 4.69) is 22.0 Å². The number of methoxy groups -OCH3 is 1. The maximum absolute atomic E-state index is 12.9. The Hall–Kier alpha value is -3.25. The monoisotopic (exact) mass is 568 g/mol. The van der Waals surface area contributed by atoms with Crippen LogP contribution in [0.1, 0.15) is 22.3 Å². The standard InChI is InChI=1S/C26H18BrClN2O4S/c1-33-22-10-19(21(27)12-23(22)34-15-18-5-3-2-4-17(18)13-29)11-24-25(31)30(26(32)35-24)14-16-6-8-20(28)9-7-16/h2-12H,14-15H2,1H3. The fourth-order valence-corrected chi connectivity index (χ4v) is 4.79. The number of carbonyl (C=O) groups excluding carboxylic acids is 2. The minimum atomic E-state index is -0.366. The summed E-state index contributed by atoms with van der Waals surface area (Å²) in [4.78, 5) is 27.0. The Morgan fingerprint density at radius 2 is 1.86 bits per heavy atom. The molecule has 1 aliphatic rings. The van der Waals surface area contributed by atoms with Crippen molar-refractivity contribution in [2.24, 2.45) is 0 Å². The lowest BCUT2D eigenvalue weighted by Crippen LogP contribution is -2.27. The van der Waals surface area contributed by atoms with Gasteiger partial charge in [0.05, 0.1) is 30.2 Å². The van der Waals surface area contributed by atoms with Crippen molar-refractivity contribution in [2.45, 2.75) is 13.2 Å². The Kier molecular flexibility index (Phi) is 7.81. The number of thioether (sulfide) groups is 1. The molecule has 0 N–H and O–H groups in total. The lowest BCUT2D eigenvalue weighted by atomic mass is 10.1. The number of imide groups is 1. The molecule has 0 saturated carbocycles. The van der Waals surface area contributed by atoms with Crippen LogP contribution in [0.25, 0.3) is 6.08 Å². The summed E-state index contributed by atoms with van der Waals surface area (Å²) in [5.74, 6) is 0.559. The Balaban J connectivity index is 1.54. The summed E-state index contributed by atoms with van der Waals surface area (Å²) in [5.41, 5.74) is 2.76. The molecule has 0 bridgehead atoms. The smallest absolute Gasteiger partial charge is 0.293 e. The lowest BCUT2D eigenvalue weighted by molar-refractivity contribution is -0.123. The number of amides is 2. The summed E-state index contributed by atoms with van der Waals surface area (Å²) in [6, 6.07) is 19.8. The third-order valence-corrected chi connectivity index (χ3v) is 7.06. The number of ether oxygens (including phenoxy) is 2. The molecule has 1 saturated heterocycles. The van der Waals surface area contributed by atoms with E-state index in [1.807, 2.05) is 12.1 Å². The van der Waals surface area contributed by atoms with Crippen LogP contribution in [0.3, 0.4) is 0 Å². The molecule has 1 heterocycles. The van der Waals surface area contributed by atoms with E-state index in [4.69, 9.17) is 21.1 Å².